The van der Waals surface area contributed by atoms with Gasteiger partial charge in [-0.3, -0.25) is 0 Å². The van der Waals surface area contributed by atoms with Crippen LogP contribution in [0.1, 0.15) is 5.56 Å². The van der Waals surface area contributed by atoms with E-state index in [0.717, 1.165) is 16.8 Å². The first-order valence-electron chi connectivity index (χ1n) is 5.19. The molecule has 6 nitrogen and oxygen atoms in total. The molecule has 0 aliphatic rings. The summed E-state index contributed by atoms with van der Waals surface area (Å²) in [5.74, 6) is 0.582. The normalized spacial score (nSPS) is 10.6. The maximum atomic E-state index is 4.22. The van der Waals surface area contributed by atoms with Crippen LogP contribution in [0.25, 0.3) is 17.1 Å². The largest absolute Gasteiger partial charge is 0.241 e. The summed E-state index contributed by atoms with van der Waals surface area (Å²) in [6.07, 6.45) is 3.66. The minimum atomic E-state index is 0.582. The third-order valence-electron chi connectivity index (χ3n) is 2.56. The molecule has 6 heteroatoms. The van der Waals surface area contributed by atoms with E-state index in [9.17, 15) is 0 Å². The van der Waals surface area contributed by atoms with Crippen LogP contribution < -0.4 is 0 Å². The second kappa shape index (κ2) is 3.82. The predicted molar refractivity (Wildman–Crippen MR) is 61.5 cm³/mol. The molecule has 0 spiro atoms. The molecule has 1 N–H and O–H groups in total. The number of hydrogen-bond acceptors (Lipinski definition) is 4. The van der Waals surface area contributed by atoms with Crippen molar-refractivity contribution >= 4 is 0 Å². The molecule has 0 atom stereocenters. The van der Waals surface area contributed by atoms with E-state index in [1.165, 1.54) is 0 Å². The Labute approximate surface area is 97.3 Å². The van der Waals surface area contributed by atoms with Crippen molar-refractivity contribution in [2.45, 2.75) is 6.92 Å². The Hall–Kier alpha value is -2.50. The summed E-state index contributed by atoms with van der Waals surface area (Å²) >= 11 is 0. The van der Waals surface area contributed by atoms with Gasteiger partial charge in [0.15, 0.2) is 0 Å². The van der Waals surface area contributed by atoms with E-state index in [-0.39, 0.29) is 0 Å². The van der Waals surface area contributed by atoms with Crippen molar-refractivity contribution in [2.24, 2.45) is 0 Å². The maximum Gasteiger partial charge on any atom is 0.204 e. The van der Waals surface area contributed by atoms with Gasteiger partial charge >= 0.3 is 0 Å². The molecule has 0 bridgehead atoms. The van der Waals surface area contributed by atoms with Gasteiger partial charge in [0.1, 0.15) is 0 Å². The zero-order valence-corrected chi connectivity index (χ0v) is 9.20. The molecule has 0 aliphatic carbocycles. The number of nitrogens with zero attached hydrogens (tertiary/aromatic N) is 5. The van der Waals surface area contributed by atoms with E-state index in [1.807, 2.05) is 42.1 Å². The molecule has 84 valence electrons. The van der Waals surface area contributed by atoms with Gasteiger partial charge < -0.3 is 0 Å². The molecular formula is C11H10N6. The number of aryl methyl sites for hydroxylation is 1. The number of rotatable bonds is 2. The van der Waals surface area contributed by atoms with Crippen LogP contribution in [0.3, 0.4) is 0 Å². The Morgan fingerprint density at radius 2 is 2.24 bits per heavy atom. The predicted octanol–water partition coefficient (Wildman–Crippen LogP) is 1.36. The van der Waals surface area contributed by atoms with Gasteiger partial charge in [-0.25, -0.2) is 4.68 Å². The standard InChI is InChI=1S/C11H10N6/c1-8-3-4-9(11-13-15-16-14-11)7-10(8)17-6-2-5-12-17/h2-7H,1H3,(H,13,14,15,16). The van der Waals surface area contributed by atoms with Gasteiger partial charge in [-0.15, -0.1) is 10.2 Å². The van der Waals surface area contributed by atoms with Gasteiger partial charge in [-0.1, -0.05) is 12.1 Å². The fourth-order valence-corrected chi connectivity index (χ4v) is 1.69. The van der Waals surface area contributed by atoms with Crippen molar-refractivity contribution < 1.29 is 0 Å². The van der Waals surface area contributed by atoms with Crippen molar-refractivity contribution in [3.8, 4) is 17.1 Å². The Morgan fingerprint density at radius 1 is 1.29 bits per heavy atom. The lowest BCUT2D eigenvalue weighted by molar-refractivity contribution is 0.873. The number of aromatic nitrogens is 6. The minimum absolute atomic E-state index is 0.582. The van der Waals surface area contributed by atoms with Gasteiger partial charge in [0.25, 0.3) is 0 Å². The summed E-state index contributed by atoms with van der Waals surface area (Å²) in [6, 6.07) is 7.86. The zero-order valence-electron chi connectivity index (χ0n) is 9.20. The van der Waals surface area contributed by atoms with Crippen molar-refractivity contribution in [1.29, 1.82) is 0 Å². The molecule has 0 saturated heterocycles. The molecule has 0 unspecified atom stereocenters. The smallest absolute Gasteiger partial charge is 0.204 e. The lowest BCUT2D eigenvalue weighted by Gasteiger charge is -2.06. The molecule has 0 aliphatic heterocycles. The quantitative estimate of drug-likeness (QED) is 0.716. The number of H-pyrrole nitrogens is 1. The van der Waals surface area contributed by atoms with E-state index < -0.39 is 0 Å². The number of aromatic amines is 1. The SMILES string of the molecule is Cc1ccc(-c2nn[nH]n2)cc1-n1cccn1. The summed E-state index contributed by atoms with van der Waals surface area (Å²) < 4.78 is 1.82. The van der Waals surface area contributed by atoms with Gasteiger partial charge in [0.05, 0.1) is 5.69 Å². The molecule has 3 rings (SSSR count). The molecule has 0 amide bonds. The summed E-state index contributed by atoms with van der Waals surface area (Å²) in [6.45, 7) is 2.04. The second-order valence-corrected chi connectivity index (χ2v) is 3.69. The fraction of sp³-hybridized carbons (Fsp3) is 0.0909. The molecular weight excluding hydrogens is 216 g/mol. The molecule has 0 radical (unpaired) electrons. The molecule has 17 heavy (non-hydrogen) atoms. The first kappa shape index (κ1) is 9.71. The van der Waals surface area contributed by atoms with Gasteiger partial charge in [0.2, 0.25) is 5.82 Å². The zero-order chi connectivity index (χ0) is 11.7. The minimum Gasteiger partial charge on any atom is -0.241 e. The highest BCUT2D eigenvalue weighted by Gasteiger charge is 2.07. The first-order valence-corrected chi connectivity index (χ1v) is 5.19. The molecule has 0 fully saturated rings. The van der Waals surface area contributed by atoms with Crippen LogP contribution in [-0.2, 0) is 0 Å². The van der Waals surface area contributed by atoms with E-state index in [4.69, 9.17) is 0 Å². The Balaban J connectivity index is 2.13. The molecule has 3 aromatic rings. The van der Waals surface area contributed by atoms with Crippen molar-refractivity contribution in [1.82, 2.24) is 30.4 Å². The molecule has 2 aromatic heterocycles. The van der Waals surface area contributed by atoms with Crippen molar-refractivity contribution in [3.63, 3.8) is 0 Å². The first-order chi connectivity index (χ1) is 8.34. The van der Waals surface area contributed by atoms with Crippen LogP contribution in [0.2, 0.25) is 0 Å². The van der Waals surface area contributed by atoms with E-state index >= 15 is 0 Å². The maximum absolute atomic E-state index is 4.22. The number of nitrogens with one attached hydrogen (secondary N) is 1. The third kappa shape index (κ3) is 1.69. The Bertz CT molecular complexity index is 611. The number of tetrazole rings is 1. The number of hydrogen-bond donors (Lipinski definition) is 1. The van der Waals surface area contributed by atoms with Crippen LogP contribution in [0.15, 0.2) is 36.7 Å². The van der Waals surface area contributed by atoms with Crippen molar-refractivity contribution in [2.75, 3.05) is 0 Å². The third-order valence-corrected chi connectivity index (χ3v) is 2.56. The van der Waals surface area contributed by atoms with Crippen LogP contribution in [-0.4, -0.2) is 30.4 Å². The van der Waals surface area contributed by atoms with Crippen LogP contribution >= 0.6 is 0 Å². The Morgan fingerprint density at radius 3 is 2.94 bits per heavy atom. The van der Waals surface area contributed by atoms with Gasteiger partial charge in [-0.2, -0.15) is 10.3 Å². The summed E-state index contributed by atoms with van der Waals surface area (Å²) in [7, 11) is 0. The molecule has 2 heterocycles. The van der Waals surface area contributed by atoms with Crippen LogP contribution in [0.5, 0.6) is 0 Å². The average Bonchev–Trinajstić information content (AvgIpc) is 3.03. The highest BCUT2D eigenvalue weighted by Crippen LogP contribution is 2.20. The topological polar surface area (TPSA) is 72.3 Å². The highest BCUT2D eigenvalue weighted by atomic mass is 15.5. The monoisotopic (exact) mass is 226 g/mol. The summed E-state index contributed by atoms with van der Waals surface area (Å²) in [4.78, 5) is 0. The van der Waals surface area contributed by atoms with Crippen molar-refractivity contribution in [3.05, 3.63) is 42.2 Å². The average molecular weight is 226 g/mol. The van der Waals surface area contributed by atoms with Crippen LogP contribution in [0.4, 0.5) is 0 Å². The van der Waals surface area contributed by atoms with Crippen LogP contribution in [0, 0.1) is 6.92 Å². The lowest BCUT2D eigenvalue weighted by Crippen LogP contribution is -1.98. The fourth-order valence-electron chi connectivity index (χ4n) is 1.69. The lowest BCUT2D eigenvalue weighted by atomic mass is 10.1. The summed E-state index contributed by atoms with van der Waals surface area (Å²) in [5.41, 5.74) is 3.06. The van der Waals surface area contributed by atoms with E-state index in [0.29, 0.717) is 5.82 Å². The Kier molecular flexibility index (Phi) is 2.18. The van der Waals surface area contributed by atoms with Gasteiger partial charge in [0, 0.05) is 18.0 Å². The van der Waals surface area contributed by atoms with E-state index in [1.54, 1.807) is 6.20 Å². The number of benzene rings is 1. The van der Waals surface area contributed by atoms with E-state index in [2.05, 4.69) is 25.7 Å². The highest BCUT2D eigenvalue weighted by molar-refractivity contribution is 5.60. The summed E-state index contributed by atoms with van der Waals surface area (Å²) in [5, 5.41) is 18.1. The van der Waals surface area contributed by atoms with Gasteiger partial charge in [-0.05, 0) is 29.8 Å². The molecule has 0 saturated carbocycles. The second-order valence-electron chi connectivity index (χ2n) is 3.69. The molecule has 1 aromatic carbocycles.